The van der Waals surface area contributed by atoms with Crippen molar-refractivity contribution in [2.24, 2.45) is 5.41 Å². The molecule has 19 heavy (non-hydrogen) atoms. The van der Waals surface area contributed by atoms with E-state index >= 15 is 0 Å². The number of carbonyl (C=O) groups is 2. The van der Waals surface area contributed by atoms with Crippen LogP contribution in [0.15, 0.2) is 24.4 Å². The highest BCUT2D eigenvalue weighted by Gasteiger charge is 2.21. The SMILES string of the molecule is C[C@H](NC(=O)CNC(=O)C(C)(C)C)c1ccccn1. The summed E-state index contributed by atoms with van der Waals surface area (Å²) < 4.78 is 0. The van der Waals surface area contributed by atoms with Gasteiger partial charge in [0.2, 0.25) is 11.8 Å². The Morgan fingerprint density at radius 3 is 2.53 bits per heavy atom. The molecule has 0 aliphatic carbocycles. The van der Waals surface area contributed by atoms with E-state index < -0.39 is 5.41 Å². The second-order valence-corrected chi connectivity index (χ2v) is 5.48. The van der Waals surface area contributed by atoms with Crippen molar-refractivity contribution in [2.75, 3.05) is 6.54 Å². The summed E-state index contributed by atoms with van der Waals surface area (Å²) in [5, 5.41) is 5.39. The molecule has 0 saturated heterocycles. The molecule has 1 heterocycles. The lowest BCUT2D eigenvalue weighted by atomic mass is 9.96. The quantitative estimate of drug-likeness (QED) is 0.863. The van der Waals surface area contributed by atoms with Crippen LogP contribution in [0.1, 0.15) is 39.4 Å². The molecule has 1 atom stereocenters. The summed E-state index contributed by atoms with van der Waals surface area (Å²) in [5.41, 5.74) is 0.297. The Kier molecular flexibility index (Phi) is 5.03. The van der Waals surface area contributed by atoms with E-state index in [4.69, 9.17) is 0 Å². The molecule has 1 aromatic rings. The maximum atomic E-state index is 11.7. The number of pyridine rings is 1. The van der Waals surface area contributed by atoms with Crippen LogP contribution < -0.4 is 10.6 Å². The fourth-order valence-electron chi connectivity index (χ4n) is 1.42. The van der Waals surface area contributed by atoms with Crippen LogP contribution in [-0.4, -0.2) is 23.3 Å². The number of hydrogen-bond acceptors (Lipinski definition) is 3. The molecule has 0 aliphatic heterocycles. The first kappa shape index (κ1) is 15.1. The van der Waals surface area contributed by atoms with Crippen molar-refractivity contribution >= 4 is 11.8 Å². The molecular formula is C14H21N3O2. The van der Waals surface area contributed by atoms with Crippen LogP contribution in [0.2, 0.25) is 0 Å². The Bertz CT molecular complexity index is 438. The van der Waals surface area contributed by atoms with Gasteiger partial charge in [0, 0.05) is 11.6 Å². The topological polar surface area (TPSA) is 71.1 Å². The van der Waals surface area contributed by atoms with Crippen LogP contribution in [0.4, 0.5) is 0 Å². The minimum atomic E-state index is -0.493. The molecule has 5 heteroatoms. The molecule has 0 unspecified atom stereocenters. The summed E-state index contributed by atoms with van der Waals surface area (Å²) in [5.74, 6) is -0.371. The summed E-state index contributed by atoms with van der Waals surface area (Å²) in [6.07, 6.45) is 1.68. The maximum Gasteiger partial charge on any atom is 0.239 e. The molecule has 0 aliphatic rings. The highest BCUT2D eigenvalue weighted by atomic mass is 16.2. The molecule has 104 valence electrons. The van der Waals surface area contributed by atoms with Crippen molar-refractivity contribution in [3.63, 3.8) is 0 Å². The average molecular weight is 263 g/mol. The average Bonchev–Trinajstić information content (AvgIpc) is 2.35. The summed E-state index contributed by atoms with van der Waals surface area (Å²) in [4.78, 5) is 27.5. The van der Waals surface area contributed by atoms with Crippen molar-refractivity contribution in [3.8, 4) is 0 Å². The smallest absolute Gasteiger partial charge is 0.239 e. The molecule has 2 N–H and O–H groups in total. The predicted octanol–water partition coefficient (Wildman–Crippen LogP) is 1.42. The molecule has 2 amide bonds. The second-order valence-electron chi connectivity index (χ2n) is 5.48. The summed E-state index contributed by atoms with van der Waals surface area (Å²) in [6.45, 7) is 7.24. The van der Waals surface area contributed by atoms with E-state index in [1.165, 1.54) is 0 Å². The zero-order chi connectivity index (χ0) is 14.5. The van der Waals surface area contributed by atoms with Crippen molar-refractivity contribution in [2.45, 2.75) is 33.7 Å². The number of rotatable bonds is 4. The number of aromatic nitrogens is 1. The molecular weight excluding hydrogens is 242 g/mol. The van der Waals surface area contributed by atoms with Crippen molar-refractivity contribution in [3.05, 3.63) is 30.1 Å². The maximum absolute atomic E-state index is 11.7. The van der Waals surface area contributed by atoms with Gasteiger partial charge >= 0.3 is 0 Å². The zero-order valence-electron chi connectivity index (χ0n) is 11.9. The lowest BCUT2D eigenvalue weighted by Gasteiger charge is -2.18. The van der Waals surface area contributed by atoms with E-state index in [2.05, 4.69) is 15.6 Å². The monoisotopic (exact) mass is 263 g/mol. The van der Waals surface area contributed by atoms with Gasteiger partial charge in [-0.25, -0.2) is 0 Å². The first-order valence-corrected chi connectivity index (χ1v) is 6.29. The van der Waals surface area contributed by atoms with Crippen molar-refractivity contribution < 1.29 is 9.59 Å². The van der Waals surface area contributed by atoms with Crippen LogP contribution in [0.5, 0.6) is 0 Å². The number of hydrogen-bond donors (Lipinski definition) is 2. The lowest BCUT2D eigenvalue weighted by Crippen LogP contribution is -2.42. The number of carbonyl (C=O) groups excluding carboxylic acids is 2. The molecule has 0 bridgehead atoms. The number of nitrogens with one attached hydrogen (secondary N) is 2. The highest BCUT2D eigenvalue weighted by molar-refractivity contribution is 5.87. The normalized spacial score (nSPS) is 12.6. The van der Waals surface area contributed by atoms with Gasteiger partial charge in [0.05, 0.1) is 18.3 Å². The third-order valence-corrected chi connectivity index (χ3v) is 2.60. The van der Waals surface area contributed by atoms with Gasteiger partial charge in [0.15, 0.2) is 0 Å². The lowest BCUT2D eigenvalue weighted by molar-refractivity contribution is -0.131. The van der Waals surface area contributed by atoms with Gasteiger partial charge < -0.3 is 10.6 Å². The van der Waals surface area contributed by atoms with Crippen LogP contribution in [0, 0.1) is 5.41 Å². The number of nitrogens with zero attached hydrogens (tertiary/aromatic N) is 1. The Morgan fingerprint density at radius 1 is 1.32 bits per heavy atom. The largest absolute Gasteiger partial charge is 0.347 e. The second kappa shape index (κ2) is 6.31. The summed E-state index contributed by atoms with van der Waals surface area (Å²) in [7, 11) is 0. The fourth-order valence-corrected chi connectivity index (χ4v) is 1.42. The summed E-state index contributed by atoms with van der Waals surface area (Å²) in [6, 6.07) is 5.35. The van der Waals surface area contributed by atoms with Crippen LogP contribution in [-0.2, 0) is 9.59 Å². The number of amides is 2. The Hall–Kier alpha value is -1.91. The van der Waals surface area contributed by atoms with E-state index in [0.717, 1.165) is 5.69 Å². The molecule has 5 nitrogen and oxygen atoms in total. The molecule has 1 rings (SSSR count). The van der Waals surface area contributed by atoms with E-state index in [-0.39, 0.29) is 24.4 Å². The van der Waals surface area contributed by atoms with Crippen LogP contribution in [0.3, 0.4) is 0 Å². The minimum Gasteiger partial charge on any atom is -0.347 e. The molecule has 0 radical (unpaired) electrons. The van der Waals surface area contributed by atoms with Crippen molar-refractivity contribution in [1.82, 2.24) is 15.6 Å². The van der Waals surface area contributed by atoms with Gasteiger partial charge in [-0.1, -0.05) is 26.8 Å². The highest BCUT2D eigenvalue weighted by Crippen LogP contribution is 2.12. The predicted molar refractivity (Wildman–Crippen MR) is 73.3 cm³/mol. The molecule has 0 saturated carbocycles. The molecule has 0 fully saturated rings. The zero-order valence-corrected chi connectivity index (χ0v) is 11.9. The van der Waals surface area contributed by atoms with Crippen molar-refractivity contribution in [1.29, 1.82) is 0 Å². The van der Waals surface area contributed by atoms with E-state index in [1.807, 2.05) is 25.1 Å². The molecule has 0 aromatic carbocycles. The van der Waals surface area contributed by atoms with Crippen LogP contribution >= 0.6 is 0 Å². The Morgan fingerprint density at radius 2 is 2.00 bits per heavy atom. The Balaban J connectivity index is 2.42. The van der Waals surface area contributed by atoms with Gasteiger partial charge in [-0.15, -0.1) is 0 Å². The molecule has 1 aromatic heterocycles. The van der Waals surface area contributed by atoms with Gasteiger partial charge in [-0.2, -0.15) is 0 Å². The summed E-state index contributed by atoms with van der Waals surface area (Å²) >= 11 is 0. The third kappa shape index (κ3) is 5.07. The van der Waals surface area contributed by atoms with E-state index in [9.17, 15) is 9.59 Å². The molecule has 0 spiro atoms. The van der Waals surface area contributed by atoms with Gasteiger partial charge in [-0.3, -0.25) is 14.6 Å². The standard InChI is InChI=1S/C14H21N3O2/c1-10(11-7-5-6-8-15-11)17-12(18)9-16-13(19)14(2,3)4/h5-8,10H,9H2,1-4H3,(H,16,19)(H,17,18)/t10-/m0/s1. The van der Waals surface area contributed by atoms with E-state index in [1.54, 1.807) is 27.0 Å². The fraction of sp³-hybridized carbons (Fsp3) is 0.500. The minimum absolute atomic E-state index is 0.0206. The van der Waals surface area contributed by atoms with Gasteiger partial charge in [0.25, 0.3) is 0 Å². The first-order chi connectivity index (χ1) is 8.80. The van der Waals surface area contributed by atoms with E-state index in [0.29, 0.717) is 0 Å². The Labute approximate surface area is 113 Å². The third-order valence-electron chi connectivity index (χ3n) is 2.60. The first-order valence-electron chi connectivity index (χ1n) is 6.29. The van der Waals surface area contributed by atoms with Gasteiger partial charge in [-0.05, 0) is 19.1 Å². The van der Waals surface area contributed by atoms with Gasteiger partial charge in [0.1, 0.15) is 0 Å². The van der Waals surface area contributed by atoms with Crippen LogP contribution in [0.25, 0.3) is 0 Å².